The maximum atomic E-state index is 12.1. The SMILES string of the molecule is Cc1cnc(CNC(=O)c2cc3n(n2)CCN(C)C3=O)cn1. The van der Waals surface area contributed by atoms with Crippen molar-refractivity contribution in [2.45, 2.75) is 20.0 Å². The number of amides is 2. The number of rotatable bonds is 3. The molecule has 0 bridgehead atoms. The van der Waals surface area contributed by atoms with E-state index in [1.165, 1.54) is 6.07 Å². The van der Waals surface area contributed by atoms with E-state index in [0.717, 1.165) is 5.69 Å². The molecule has 8 heteroatoms. The number of carbonyl (C=O) groups is 2. The first-order valence-corrected chi connectivity index (χ1v) is 6.93. The van der Waals surface area contributed by atoms with Crippen LogP contribution in [0.5, 0.6) is 0 Å². The highest BCUT2D eigenvalue weighted by molar-refractivity contribution is 5.98. The van der Waals surface area contributed by atoms with Crippen LogP contribution < -0.4 is 5.32 Å². The molecular weight excluding hydrogens is 284 g/mol. The highest BCUT2D eigenvalue weighted by atomic mass is 16.2. The number of hydrogen-bond acceptors (Lipinski definition) is 5. The van der Waals surface area contributed by atoms with Gasteiger partial charge in [-0.3, -0.25) is 24.2 Å². The van der Waals surface area contributed by atoms with Crippen molar-refractivity contribution in [2.75, 3.05) is 13.6 Å². The summed E-state index contributed by atoms with van der Waals surface area (Å²) in [7, 11) is 1.73. The van der Waals surface area contributed by atoms with Crippen LogP contribution in [-0.4, -0.2) is 50.1 Å². The lowest BCUT2D eigenvalue weighted by molar-refractivity contribution is 0.0742. The zero-order valence-electron chi connectivity index (χ0n) is 12.4. The Balaban J connectivity index is 1.69. The average molecular weight is 300 g/mol. The monoisotopic (exact) mass is 300 g/mol. The van der Waals surface area contributed by atoms with Crippen molar-refractivity contribution in [3.8, 4) is 0 Å². The van der Waals surface area contributed by atoms with Gasteiger partial charge in [0.1, 0.15) is 5.69 Å². The molecule has 1 N–H and O–H groups in total. The van der Waals surface area contributed by atoms with E-state index < -0.39 is 0 Å². The maximum absolute atomic E-state index is 12.1. The molecule has 0 unspecified atom stereocenters. The van der Waals surface area contributed by atoms with E-state index in [2.05, 4.69) is 20.4 Å². The summed E-state index contributed by atoms with van der Waals surface area (Å²) in [5, 5.41) is 6.91. The molecule has 2 amide bonds. The van der Waals surface area contributed by atoms with Gasteiger partial charge in [-0.1, -0.05) is 0 Å². The van der Waals surface area contributed by atoms with Gasteiger partial charge in [-0.2, -0.15) is 5.10 Å². The Kier molecular flexibility index (Phi) is 3.58. The molecule has 22 heavy (non-hydrogen) atoms. The van der Waals surface area contributed by atoms with Gasteiger partial charge in [0.15, 0.2) is 5.69 Å². The third kappa shape index (κ3) is 2.67. The van der Waals surface area contributed by atoms with Gasteiger partial charge in [0.25, 0.3) is 11.8 Å². The van der Waals surface area contributed by atoms with Crippen molar-refractivity contribution in [3.05, 3.63) is 41.2 Å². The first-order valence-electron chi connectivity index (χ1n) is 6.93. The predicted molar refractivity (Wildman–Crippen MR) is 77.1 cm³/mol. The second-order valence-corrected chi connectivity index (χ2v) is 5.20. The standard InChI is InChI=1S/C14H16N6O2/c1-9-6-16-10(7-15-9)8-17-13(21)11-5-12-14(22)19(2)3-4-20(12)18-11/h5-7H,3-4,8H2,1-2H3,(H,17,21). The molecule has 8 nitrogen and oxygen atoms in total. The number of likely N-dealkylation sites (N-methyl/N-ethyl adjacent to an activating group) is 1. The van der Waals surface area contributed by atoms with Crippen LogP contribution in [0.4, 0.5) is 0 Å². The van der Waals surface area contributed by atoms with Crippen molar-refractivity contribution in [2.24, 2.45) is 0 Å². The lowest BCUT2D eigenvalue weighted by Crippen LogP contribution is -2.37. The number of aryl methyl sites for hydroxylation is 1. The minimum atomic E-state index is -0.334. The summed E-state index contributed by atoms with van der Waals surface area (Å²) < 4.78 is 1.57. The fraction of sp³-hybridized carbons (Fsp3) is 0.357. The zero-order chi connectivity index (χ0) is 15.7. The van der Waals surface area contributed by atoms with Crippen LogP contribution >= 0.6 is 0 Å². The summed E-state index contributed by atoms with van der Waals surface area (Å²) in [4.78, 5) is 34.0. The first kappa shape index (κ1) is 14.2. The van der Waals surface area contributed by atoms with Crippen LogP contribution in [0.2, 0.25) is 0 Å². The maximum Gasteiger partial charge on any atom is 0.272 e. The molecule has 0 saturated heterocycles. The van der Waals surface area contributed by atoms with E-state index in [4.69, 9.17) is 0 Å². The van der Waals surface area contributed by atoms with E-state index in [1.807, 2.05) is 6.92 Å². The molecule has 0 spiro atoms. The fourth-order valence-corrected chi connectivity index (χ4v) is 2.18. The van der Waals surface area contributed by atoms with Crippen LogP contribution in [0.1, 0.15) is 32.4 Å². The van der Waals surface area contributed by atoms with Gasteiger partial charge < -0.3 is 10.2 Å². The molecule has 1 aliphatic heterocycles. The molecule has 0 fully saturated rings. The largest absolute Gasteiger partial charge is 0.345 e. The summed E-state index contributed by atoms with van der Waals surface area (Å²) >= 11 is 0. The van der Waals surface area contributed by atoms with Gasteiger partial charge in [-0.05, 0) is 6.92 Å². The summed E-state index contributed by atoms with van der Waals surface area (Å²) in [6.07, 6.45) is 3.26. The third-order valence-electron chi connectivity index (χ3n) is 3.49. The summed E-state index contributed by atoms with van der Waals surface area (Å²) in [6.45, 7) is 3.29. The van der Waals surface area contributed by atoms with Crippen LogP contribution in [-0.2, 0) is 13.1 Å². The van der Waals surface area contributed by atoms with Gasteiger partial charge >= 0.3 is 0 Å². The van der Waals surface area contributed by atoms with E-state index in [9.17, 15) is 9.59 Å². The smallest absolute Gasteiger partial charge is 0.272 e. The topological polar surface area (TPSA) is 93.0 Å². The van der Waals surface area contributed by atoms with E-state index in [-0.39, 0.29) is 24.1 Å². The second kappa shape index (κ2) is 5.55. The number of aromatic nitrogens is 4. The van der Waals surface area contributed by atoms with Gasteiger partial charge in [-0.25, -0.2) is 0 Å². The summed E-state index contributed by atoms with van der Waals surface area (Å²) in [6, 6.07) is 1.52. The van der Waals surface area contributed by atoms with Crippen molar-refractivity contribution in [1.82, 2.24) is 30.0 Å². The van der Waals surface area contributed by atoms with Crippen molar-refractivity contribution < 1.29 is 9.59 Å². The molecule has 0 atom stereocenters. The molecule has 2 aromatic rings. The first-order chi connectivity index (χ1) is 10.5. The minimum Gasteiger partial charge on any atom is -0.345 e. The van der Waals surface area contributed by atoms with Crippen LogP contribution in [0.15, 0.2) is 18.5 Å². The Morgan fingerprint density at radius 2 is 2.14 bits per heavy atom. The molecule has 3 rings (SSSR count). The number of nitrogens with zero attached hydrogens (tertiary/aromatic N) is 5. The van der Waals surface area contributed by atoms with Crippen LogP contribution in [0, 0.1) is 6.92 Å². The molecule has 0 aliphatic carbocycles. The summed E-state index contributed by atoms with van der Waals surface area (Å²) in [5.41, 5.74) is 2.16. The molecule has 1 aliphatic rings. The third-order valence-corrected chi connectivity index (χ3v) is 3.49. The summed E-state index contributed by atoms with van der Waals surface area (Å²) in [5.74, 6) is -0.457. The number of nitrogens with one attached hydrogen (secondary N) is 1. The number of carbonyl (C=O) groups excluding carboxylic acids is 2. The lowest BCUT2D eigenvalue weighted by Gasteiger charge is -2.22. The van der Waals surface area contributed by atoms with Gasteiger partial charge in [-0.15, -0.1) is 0 Å². The number of hydrogen-bond donors (Lipinski definition) is 1. The molecule has 114 valence electrons. The van der Waals surface area contributed by atoms with Crippen molar-refractivity contribution >= 4 is 11.8 Å². The quantitative estimate of drug-likeness (QED) is 0.861. The van der Waals surface area contributed by atoms with Gasteiger partial charge in [0.2, 0.25) is 0 Å². The van der Waals surface area contributed by atoms with Crippen LogP contribution in [0.3, 0.4) is 0 Å². The normalized spacial score (nSPS) is 13.9. The Bertz CT molecular complexity index is 721. The molecule has 0 radical (unpaired) electrons. The van der Waals surface area contributed by atoms with Crippen LogP contribution in [0.25, 0.3) is 0 Å². The van der Waals surface area contributed by atoms with Crippen molar-refractivity contribution in [3.63, 3.8) is 0 Å². The zero-order valence-corrected chi connectivity index (χ0v) is 12.4. The molecule has 3 heterocycles. The van der Waals surface area contributed by atoms with Gasteiger partial charge in [0.05, 0.1) is 30.7 Å². The highest BCUT2D eigenvalue weighted by Crippen LogP contribution is 2.12. The average Bonchev–Trinajstić information content (AvgIpc) is 2.95. The predicted octanol–water partition coefficient (Wildman–Crippen LogP) is -0.00288. The minimum absolute atomic E-state index is 0.123. The Morgan fingerprint density at radius 1 is 1.32 bits per heavy atom. The molecular formula is C14H16N6O2. The Labute approximate surface area is 127 Å². The Morgan fingerprint density at radius 3 is 2.86 bits per heavy atom. The molecule has 2 aromatic heterocycles. The van der Waals surface area contributed by atoms with E-state index >= 15 is 0 Å². The molecule has 0 aromatic carbocycles. The second-order valence-electron chi connectivity index (χ2n) is 5.20. The van der Waals surface area contributed by atoms with Crippen molar-refractivity contribution in [1.29, 1.82) is 0 Å². The highest BCUT2D eigenvalue weighted by Gasteiger charge is 2.25. The van der Waals surface area contributed by atoms with E-state index in [0.29, 0.717) is 24.5 Å². The number of fused-ring (bicyclic) bond motifs is 1. The van der Waals surface area contributed by atoms with E-state index in [1.54, 1.807) is 29.0 Å². The van der Waals surface area contributed by atoms with Gasteiger partial charge in [0, 0.05) is 25.9 Å². The molecule has 0 saturated carbocycles. The lowest BCUT2D eigenvalue weighted by atomic mass is 10.2. The Hall–Kier alpha value is -2.77. The fourth-order valence-electron chi connectivity index (χ4n) is 2.18.